The average Bonchev–Trinajstić information content (AvgIpc) is 2.38. The van der Waals surface area contributed by atoms with E-state index < -0.39 is 17.3 Å². The normalized spacial score (nSPS) is 14.7. The molecular formula is C13H9Cl2NO3. The maximum Gasteiger partial charge on any atom is 0.228 e. The summed E-state index contributed by atoms with van der Waals surface area (Å²) in [6.07, 6.45) is 0.231. The minimum absolute atomic E-state index is 0.00422. The summed E-state index contributed by atoms with van der Waals surface area (Å²) in [5, 5.41) is 17.8. The zero-order valence-electron chi connectivity index (χ0n) is 9.88. The lowest BCUT2D eigenvalue weighted by Crippen LogP contribution is -2.26. The highest BCUT2D eigenvalue weighted by Gasteiger charge is 2.34. The van der Waals surface area contributed by atoms with Crippen molar-refractivity contribution in [2.24, 2.45) is 0 Å². The maximum absolute atomic E-state index is 12.2. The van der Waals surface area contributed by atoms with Gasteiger partial charge in [0, 0.05) is 16.8 Å². The zero-order valence-corrected chi connectivity index (χ0v) is 11.4. The first-order valence-electron chi connectivity index (χ1n) is 5.48. The van der Waals surface area contributed by atoms with Gasteiger partial charge < -0.3 is 10.5 Å². The summed E-state index contributed by atoms with van der Waals surface area (Å²) < 4.78 is 0. The van der Waals surface area contributed by atoms with Gasteiger partial charge in [-0.15, -0.1) is 0 Å². The number of carbonyl (C=O) groups excluding carboxylic acids is 2. The van der Waals surface area contributed by atoms with E-state index in [0.29, 0.717) is 0 Å². The summed E-state index contributed by atoms with van der Waals surface area (Å²) >= 11 is 11.6. The van der Waals surface area contributed by atoms with Crippen LogP contribution in [0.25, 0.3) is 0 Å². The Morgan fingerprint density at radius 3 is 2.11 bits per heavy atom. The third kappa shape index (κ3) is 2.07. The first-order chi connectivity index (χ1) is 8.88. The van der Waals surface area contributed by atoms with Crippen molar-refractivity contribution in [2.75, 3.05) is 0 Å². The van der Waals surface area contributed by atoms with Gasteiger partial charge in [-0.25, -0.2) is 0 Å². The quantitative estimate of drug-likeness (QED) is 0.818. The zero-order chi connectivity index (χ0) is 14.3. The molecule has 98 valence electrons. The molecule has 0 aliphatic heterocycles. The molecule has 0 fully saturated rings. The Bertz CT molecular complexity index is 662. The van der Waals surface area contributed by atoms with Crippen molar-refractivity contribution in [3.05, 3.63) is 44.6 Å². The number of benzene rings is 1. The van der Waals surface area contributed by atoms with Crippen molar-refractivity contribution >= 4 is 40.5 Å². The van der Waals surface area contributed by atoms with Gasteiger partial charge in [-0.05, 0) is 18.6 Å². The Kier molecular flexibility index (Phi) is 3.47. The van der Waals surface area contributed by atoms with Crippen molar-refractivity contribution in [3.63, 3.8) is 0 Å². The van der Waals surface area contributed by atoms with Crippen LogP contribution in [0.1, 0.15) is 34.1 Å². The summed E-state index contributed by atoms with van der Waals surface area (Å²) in [6.45, 7) is 1.66. The van der Waals surface area contributed by atoms with E-state index in [4.69, 9.17) is 28.6 Å². The fourth-order valence-electron chi connectivity index (χ4n) is 1.86. The summed E-state index contributed by atoms with van der Waals surface area (Å²) in [5.74, 6) is -2.01. The molecule has 0 saturated carbocycles. The number of halogens is 2. The summed E-state index contributed by atoms with van der Waals surface area (Å²) in [5.41, 5.74) is -0.291. The smallest absolute Gasteiger partial charge is 0.228 e. The molecule has 1 aromatic rings. The SMILES string of the molecule is CCC(=N)C1=C(O)C(=O)c2cc(Cl)c(Cl)cc2C1=O. The summed E-state index contributed by atoms with van der Waals surface area (Å²) in [4.78, 5) is 24.2. The fourth-order valence-corrected chi connectivity index (χ4v) is 2.19. The van der Waals surface area contributed by atoms with Crippen LogP contribution in [0.5, 0.6) is 0 Å². The number of nitrogens with one attached hydrogen (secondary N) is 1. The Balaban J connectivity index is 2.71. The standard InChI is InChI=1S/C13H9Cl2NO3/c1-2-9(16)10-11(17)5-3-7(14)8(15)4-6(5)12(18)13(10)19/h3-4,16,19H,2H2,1H3. The van der Waals surface area contributed by atoms with Crippen LogP contribution in [-0.4, -0.2) is 22.4 Å². The second-order valence-electron chi connectivity index (χ2n) is 4.03. The predicted octanol–water partition coefficient (Wildman–Crippen LogP) is 3.61. The predicted molar refractivity (Wildman–Crippen MR) is 72.8 cm³/mol. The van der Waals surface area contributed by atoms with Crippen LogP contribution in [0, 0.1) is 5.41 Å². The second-order valence-corrected chi connectivity index (χ2v) is 4.84. The molecular weight excluding hydrogens is 289 g/mol. The van der Waals surface area contributed by atoms with Crippen molar-refractivity contribution in [1.29, 1.82) is 5.41 Å². The number of carbonyl (C=O) groups is 2. The van der Waals surface area contributed by atoms with Crippen LogP contribution in [0.2, 0.25) is 10.0 Å². The van der Waals surface area contributed by atoms with Crippen molar-refractivity contribution < 1.29 is 14.7 Å². The number of aliphatic hydroxyl groups excluding tert-OH is 1. The topological polar surface area (TPSA) is 78.2 Å². The van der Waals surface area contributed by atoms with Gasteiger partial charge in [0.2, 0.25) is 5.78 Å². The van der Waals surface area contributed by atoms with E-state index in [1.54, 1.807) is 6.92 Å². The van der Waals surface area contributed by atoms with Crippen LogP contribution in [0.4, 0.5) is 0 Å². The summed E-state index contributed by atoms with van der Waals surface area (Å²) in [6, 6.07) is 2.54. The average molecular weight is 298 g/mol. The lowest BCUT2D eigenvalue weighted by Gasteiger charge is -2.18. The number of allylic oxidation sites excluding steroid dienone is 2. The Morgan fingerprint density at radius 1 is 1.16 bits per heavy atom. The van der Waals surface area contributed by atoms with Gasteiger partial charge in [0.05, 0.1) is 15.6 Å². The molecule has 0 bridgehead atoms. The third-order valence-corrected chi connectivity index (χ3v) is 3.61. The van der Waals surface area contributed by atoms with E-state index in [1.807, 2.05) is 0 Å². The van der Waals surface area contributed by atoms with Crippen LogP contribution in [0.15, 0.2) is 23.5 Å². The molecule has 0 atom stereocenters. The molecule has 0 radical (unpaired) electrons. The molecule has 0 amide bonds. The fraction of sp³-hybridized carbons (Fsp3) is 0.154. The van der Waals surface area contributed by atoms with Gasteiger partial charge in [0.1, 0.15) is 0 Å². The van der Waals surface area contributed by atoms with Crippen LogP contribution >= 0.6 is 23.2 Å². The highest BCUT2D eigenvalue weighted by atomic mass is 35.5. The number of Topliss-reactive ketones (excluding diaryl/α,β-unsaturated/α-hetero) is 2. The maximum atomic E-state index is 12.2. The van der Waals surface area contributed by atoms with Gasteiger partial charge in [0.25, 0.3) is 0 Å². The van der Waals surface area contributed by atoms with Gasteiger partial charge >= 0.3 is 0 Å². The minimum atomic E-state index is -0.721. The first kappa shape index (κ1) is 13.8. The molecule has 1 aromatic carbocycles. The molecule has 0 heterocycles. The van der Waals surface area contributed by atoms with E-state index in [-0.39, 0.29) is 38.9 Å². The Labute approximate surface area is 119 Å². The first-order valence-corrected chi connectivity index (χ1v) is 6.23. The molecule has 2 N–H and O–H groups in total. The highest BCUT2D eigenvalue weighted by molar-refractivity contribution is 6.44. The van der Waals surface area contributed by atoms with E-state index >= 15 is 0 Å². The number of fused-ring (bicyclic) bond motifs is 1. The third-order valence-electron chi connectivity index (χ3n) is 2.88. The van der Waals surface area contributed by atoms with Crippen LogP contribution in [-0.2, 0) is 0 Å². The summed E-state index contributed by atoms with van der Waals surface area (Å²) in [7, 11) is 0. The van der Waals surface area contributed by atoms with Gasteiger partial charge in [0.15, 0.2) is 11.5 Å². The van der Waals surface area contributed by atoms with Crippen molar-refractivity contribution in [3.8, 4) is 0 Å². The number of ketones is 2. The number of hydrogen-bond acceptors (Lipinski definition) is 4. The number of aliphatic hydroxyl groups is 1. The van der Waals surface area contributed by atoms with Crippen LogP contribution < -0.4 is 0 Å². The van der Waals surface area contributed by atoms with E-state index in [1.165, 1.54) is 12.1 Å². The largest absolute Gasteiger partial charge is 0.504 e. The van der Waals surface area contributed by atoms with Crippen molar-refractivity contribution in [2.45, 2.75) is 13.3 Å². The minimum Gasteiger partial charge on any atom is -0.504 e. The van der Waals surface area contributed by atoms with Gasteiger partial charge in [-0.2, -0.15) is 0 Å². The molecule has 6 heteroatoms. The Morgan fingerprint density at radius 2 is 1.63 bits per heavy atom. The van der Waals surface area contributed by atoms with E-state index in [2.05, 4.69) is 0 Å². The molecule has 0 aromatic heterocycles. The molecule has 19 heavy (non-hydrogen) atoms. The lowest BCUT2D eigenvalue weighted by molar-refractivity contribution is 0.0934. The molecule has 2 rings (SSSR count). The van der Waals surface area contributed by atoms with Gasteiger partial charge in [-0.1, -0.05) is 30.1 Å². The molecule has 0 saturated heterocycles. The Hall–Kier alpha value is -1.65. The molecule has 4 nitrogen and oxygen atoms in total. The second kappa shape index (κ2) is 4.79. The number of hydrogen-bond donors (Lipinski definition) is 2. The van der Waals surface area contributed by atoms with E-state index in [0.717, 1.165) is 0 Å². The monoisotopic (exact) mass is 297 g/mol. The van der Waals surface area contributed by atoms with Crippen LogP contribution in [0.3, 0.4) is 0 Å². The molecule has 0 unspecified atom stereocenters. The lowest BCUT2D eigenvalue weighted by atomic mass is 9.85. The highest BCUT2D eigenvalue weighted by Crippen LogP contribution is 2.32. The molecule has 1 aliphatic rings. The van der Waals surface area contributed by atoms with E-state index in [9.17, 15) is 14.7 Å². The number of rotatable bonds is 2. The van der Waals surface area contributed by atoms with Crippen molar-refractivity contribution in [1.82, 2.24) is 0 Å². The molecule has 1 aliphatic carbocycles. The van der Waals surface area contributed by atoms with Gasteiger partial charge in [-0.3, -0.25) is 9.59 Å². The molecule has 0 spiro atoms.